The topological polar surface area (TPSA) is 23.6 Å². The Bertz CT molecular complexity index is 743. The Morgan fingerprint density at radius 1 is 1.08 bits per heavy atom. The molecular formula is C19H20F2N2O. The van der Waals surface area contributed by atoms with Crippen molar-refractivity contribution in [1.29, 1.82) is 0 Å². The number of hydrogen-bond donors (Lipinski definition) is 0. The molecular weight excluding hydrogens is 310 g/mol. The molecule has 1 saturated heterocycles. The van der Waals surface area contributed by atoms with Crippen molar-refractivity contribution in [3.05, 3.63) is 65.2 Å². The van der Waals surface area contributed by atoms with E-state index < -0.39 is 11.6 Å². The number of benzene rings is 2. The van der Waals surface area contributed by atoms with Crippen molar-refractivity contribution in [3.8, 4) is 0 Å². The lowest BCUT2D eigenvalue weighted by atomic mass is 10.1. The van der Waals surface area contributed by atoms with Crippen LogP contribution in [0.3, 0.4) is 0 Å². The maximum absolute atomic E-state index is 13.3. The fourth-order valence-corrected chi connectivity index (χ4v) is 3.19. The van der Waals surface area contributed by atoms with Gasteiger partial charge in [-0.25, -0.2) is 8.78 Å². The molecule has 0 saturated carbocycles. The second-order valence-electron chi connectivity index (χ2n) is 6.29. The Balaban J connectivity index is 1.74. The summed E-state index contributed by atoms with van der Waals surface area (Å²) >= 11 is 0. The largest absolute Gasteiger partial charge is 0.365 e. The van der Waals surface area contributed by atoms with Gasteiger partial charge in [0.25, 0.3) is 5.91 Å². The summed E-state index contributed by atoms with van der Waals surface area (Å²) in [5.74, 6) is -1.79. The Morgan fingerprint density at radius 2 is 1.79 bits per heavy atom. The number of rotatable bonds is 2. The number of carbonyl (C=O) groups excluding carboxylic acids is 1. The SMILES string of the molecule is Cc1cccc(N2CCN(C(=O)c3cc(F)cc(F)c3)C[C@H]2C)c1. The van der Waals surface area contributed by atoms with Gasteiger partial charge < -0.3 is 9.80 Å². The smallest absolute Gasteiger partial charge is 0.254 e. The highest BCUT2D eigenvalue weighted by atomic mass is 19.1. The molecule has 3 rings (SSSR count). The van der Waals surface area contributed by atoms with Gasteiger partial charge in [0.2, 0.25) is 0 Å². The van der Waals surface area contributed by atoms with Gasteiger partial charge in [0.05, 0.1) is 0 Å². The third-order valence-corrected chi connectivity index (χ3v) is 4.36. The molecule has 5 heteroatoms. The summed E-state index contributed by atoms with van der Waals surface area (Å²) in [6, 6.07) is 11.3. The second-order valence-corrected chi connectivity index (χ2v) is 6.29. The van der Waals surface area contributed by atoms with Gasteiger partial charge in [0, 0.05) is 43.0 Å². The Morgan fingerprint density at radius 3 is 2.42 bits per heavy atom. The highest BCUT2D eigenvalue weighted by Crippen LogP contribution is 2.22. The van der Waals surface area contributed by atoms with E-state index in [-0.39, 0.29) is 17.5 Å². The predicted molar refractivity (Wildman–Crippen MR) is 90.2 cm³/mol. The minimum absolute atomic E-state index is 0.0590. The fraction of sp³-hybridized carbons (Fsp3) is 0.316. The molecule has 0 spiro atoms. The van der Waals surface area contributed by atoms with Crippen molar-refractivity contribution < 1.29 is 13.6 Å². The van der Waals surface area contributed by atoms with E-state index >= 15 is 0 Å². The predicted octanol–water partition coefficient (Wildman–Crippen LogP) is 3.62. The number of hydrogen-bond acceptors (Lipinski definition) is 2. The minimum atomic E-state index is -0.732. The van der Waals surface area contributed by atoms with E-state index in [0.717, 1.165) is 23.9 Å². The quantitative estimate of drug-likeness (QED) is 0.839. The summed E-state index contributed by atoms with van der Waals surface area (Å²) in [6.07, 6.45) is 0. The van der Waals surface area contributed by atoms with Crippen LogP contribution in [0.15, 0.2) is 42.5 Å². The first-order chi connectivity index (χ1) is 11.4. The van der Waals surface area contributed by atoms with Crippen molar-refractivity contribution in [2.75, 3.05) is 24.5 Å². The lowest BCUT2D eigenvalue weighted by molar-refractivity contribution is 0.0725. The standard InChI is InChI=1S/C19H20F2N2O/c1-13-4-3-5-18(8-13)23-7-6-22(12-14(23)2)19(24)15-9-16(20)11-17(21)10-15/h3-5,8-11,14H,6-7,12H2,1-2H3/t14-/m1/s1. The first-order valence-electron chi connectivity index (χ1n) is 8.03. The van der Waals surface area contributed by atoms with Gasteiger partial charge in [-0.2, -0.15) is 0 Å². The highest BCUT2D eigenvalue weighted by Gasteiger charge is 2.28. The van der Waals surface area contributed by atoms with Crippen LogP contribution in [0.5, 0.6) is 0 Å². The average Bonchev–Trinajstić information content (AvgIpc) is 2.53. The van der Waals surface area contributed by atoms with Crippen LogP contribution in [-0.4, -0.2) is 36.5 Å². The number of carbonyl (C=O) groups is 1. The molecule has 0 aromatic heterocycles. The molecule has 24 heavy (non-hydrogen) atoms. The molecule has 1 amide bonds. The van der Waals surface area contributed by atoms with E-state index in [0.29, 0.717) is 19.6 Å². The van der Waals surface area contributed by atoms with E-state index in [2.05, 4.69) is 17.0 Å². The zero-order chi connectivity index (χ0) is 17.3. The normalized spacial score (nSPS) is 17.9. The van der Waals surface area contributed by atoms with E-state index in [1.165, 1.54) is 5.56 Å². The summed E-state index contributed by atoms with van der Waals surface area (Å²) in [5.41, 5.74) is 2.38. The zero-order valence-electron chi connectivity index (χ0n) is 13.8. The maximum Gasteiger partial charge on any atom is 0.254 e. The van der Waals surface area contributed by atoms with Crippen molar-refractivity contribution in [3.63, 3.8) is 0 Å². The molecule has 1 fully saturated rings. The lowest BCUT2D eigenvalue weighted by Crippen LogP contribution is -2.53. The summed E-state index contributed by atoms with van der Waals surface area (Å²) < 4.78 is 26.7. The van der Waals surface area contributed by atoms with Crippen LogP contribution in [0.25, 0.3) is 0 Å². The number of amides is 1. The van der Waals surface area contributed by atoms with Crippen molar-refractivity contribution in [1.82, 2.24) is 4.90 Å². The molecule has 2 aromatic rings. The van der Waals surface area contributed by atoms with Gasteiger partial charge in [-0.15, -0.1) is 0 Å². The van der Waals surface area contributed by atoms with Crippen molar-refractivity contribution in [2.24, 2.45) is 0 Å². The number of nitrogens with zero attached hydrogens (tertiary/aromatic N) is 2. The molecule has 3 nitrogen and oxygen atoms in total. The zero-order valence-corrected chi connectivity index (χ0v) is 13.8. The van der Waals surface area contributed by atoms with Gasteiger partial charge in [0.1, 0.15) is 11.6 Å². The van der Waals surface area contributed by atoms with Crippen molar-refractivity contribution >= 4 is 11.6 Å². The number of piperazine rings is 1. The lowest BCUT2D eigenvalue weighted by Gasteiger charge is -2.41. The molecule has 0 bridgehead atoms. The highest BCUT2D eigenvalue weighted by molar-refractivity contribution is 5.94. The van der Waals surface area contributed by atoms with Crippen LogP contribution in [0.4, 0.5) is 14.5 Å². The second kappa shape index (κ2) is 6.59. The van der Waals surface area contributed by atoms with Crippen LogP contribution in [0.1, 0.15) is 22.8 Å². The van der Waals surface area contributed by atoms with Gasteiger partial charge in [-0.05, 0) is 43.7 Å². The summed E-state index contributed by atoms with van der Waals surface area (Å²) in [7, 11) is 0. The van der Waals surface area contributed by atoms with E-state index in [1.807, 2.05) is 26.0 Å². The summed E-state index contributed by atoms with van der Waals surface area (Å²) in [4.78, 5) is 16.4. The van der Waals surface area contributed by atoms with Crippen LogP contribution in [0.2, 0.25) is 0 Å². The molecule has 0 unspecified atom stereocenters. The monoisotopic (exact) mass is 330 g/mol. The Labute approximate surface area is 140 Å². The first kappa shape index (κ1) is 16.4. The number of aryl methyl sites for hydroxylation is 1. The van der Waals surface area contributed by atoms with Crippen LogP contribution >= 0.6 is 0 Å². The Kier molecular flexibility index (Phi) is 4.51. The van der Waals surface area contributed by atoms with Gasteiger partial charge in [-0.3, -0.25) is 4.79 Å². The van der Waals surface area contributed by atoms with Crippen LogP contribution < -0.4 is 4.90 Å². The summed E-state index contributed by atoms with van der Waals surface area (Å²) in [5, 5.41) is 0. The van der Waals surface area contributed by atoms with Crippen LogP contribution in [-0.2, 0) is 0 Å². The fourth-order valence-electron chi connectivity index (χ4n) is 3.19. The van der Waals surface area contributed by atoms with E-state index in [4.69, 9.17) is 0 Å². The number of anilines is 1. The van der Waals surface area contributed by atoms with E-state index in [9.17, 15) is 13.6 Å². The third-order valence-electron chi connectivity index (χ3n) is 4.36. The van der Waals surface area contributed by atoms with Gasteiger partial charge in [0.15, 0.2) is 0 Å². The molecule has 1 aliphatic heterocycles. The summed E-state index contributed by atoms with van der Waals surface area (Å²) in [6.45, 7) is 5.83. The molecule has 1 aliphatic rings. The average molecular weight is 330 g/mol. The minimum Gasteiger partial charge on any atom is -0.365 e. The molecule has 126 valence electrons. The molecule has 0 N–H and O–H groups in total. The molecule has 0 aliphatic carbocycles. The molecule has 1 heterocycles. The van der Waals surface area contributed by atoms with Gasteiger partial charge in [-0.1, -0.05) is 12.1 Å². The van der Waals surface area contributed by atoms with E-state index in [1.54, 1.807) is 4.90 Å². The third kappa shape index (κ3) is 3.40. The molecule has 0 radical (unpaired) electrons. The van der Waals surface area contributed by atoms with Gasteiger partial charge >= 0.3 is 0 Å². The maximum atomic E-state index is 13.3. The van der Waals surface area contributed by atoms with Crippen LogP contribution in [0, 0.1) is 18.6 Å². The first-order valence-corrected chi connectivity index (χ1v) is 8.03. The molecule has 1 atom stereocenters. The molecule has 2 aromatic carbocycles. The van der Waals surface area contributed by atoms with Crippen molar-refractivity contribution in [2.45, 2.75) is 19.9 Å². The number of halogens is 2. The Hall–Kier alpha value is -2.43.